The molecule has 0 aromatic carbocycles. The molecule has 0 radical (unpaired) electrons. The van der Waals surface area contributed by atoms with E-state index in [-0.39, 0.29) is 11.7 Å². The van der Waals surface area contributed by atoms with Crippen molar-refractivity contribution in [2.75, 3.05) is 0 Å². The summed E-state index contributed by atoms with van der Waals surface area (Å²) in [7, 11) is 0. The summed E-state index contributed by atoms with van der Waals surface area (Å²) in [4.78, 5) is 3.90. The van der Waals surface area contributed by atoms with E-state index < -0.39 is 0 Å². The third-order valence-corrected chi connectivity index (χ3v) is 2.39. The normalized spacial score (nSPS) is 10.8. The molecule has 1 heterocycles. The van der Waals surface area contributed by atoms with Crippen LogP contribution >= 0.6 is 15.9 Å². The van der Waals surface area contributed by atoms with Gasteiger partial charge in [-0.3, -0.25) is 4.98 Å². The molecule has 3 heteroatoms. The van der Waals surface area contributed by atoms with E-state index in [1.807, 2.05) is 13.8 Å². The van der Waals surface area contributed by atoms with Crippen LogP contribution in [0.5, 0.6) is 0 Å². The Balaban J connectivity index is 3.33. The summed E-state index contributed by atoms with van der Waals surface area (Å²) in [6, 6.07) is 0. The lowest BCUT2D eigenvalue weighted by Gasteiger charge is -2.10. The molecule has 12 heavy (non-hydrogen) atoms. The van der Waals surface area contributed by atoms with Crippen LogP contribution in [0.15, 0.2) is 10.7 Å². The molecule has 0 aliphatic carbocycles. The molecule has 0 bridgehead atoms. The Bertz CT molecular complexity index is 297. The topological polar surface area (TPSA) is 12.9 Å². The van der Waals surface area contributed by atoms with Crippen LogP contribution in [0.1, 0.15) is 31.0 Å². The summed E-state index contributed by atoms with van der Waals surface area (Å²) in [5, 5.41) is 0. The van der Waals surface area contributed by atoms with Crippen LogP contribution in [-0.2, 0) is 0 Å². The highest BCUT2D eigenvalue weighted by molar-refractivity contribution is 9.10. The van der Waals surface area contributed by atoms with E-state index in [2.05, 4.69) is 20.9 Å². The zero-order chi connectivity index (χ0) is 9.30. The lowest BCUT2D eigenvalue weighted by Crippen LogP contribution is -1.99. The van der Waals surface area contributed by atoms with Crippen LogP contribution in [0.2, 0.25) is 0 Å². The Morgan fingerprint density at radius 1 is 1.50 bits per heavy atom. The van der Waals surface area contributed by atoms with E-state index in [4.69, 9.17) is 0 Å². The van der Waals surface area contributed by atoms with E-state index in [0.29, 0.717) is 11.3 Å². The van der Waals surface area contributed by atoms with Gasteiger partial charge in [0.15, 0.2) is 0 Å². The molecule has 0 spiro atoms. The van der Waals surface area contributed by atoms with Gasteiger partial charge in [0.1, 0.15) is 5.82 Å². The van der Waals surface area contributed by atoms with Crippen molar-refractivity contribution < 1.29 is 4.39 Å². The predicted molar refractivity (Wildman–Crippen MR) is 50.7 cm³/mol. The minimum absolute atomic E-state index is 0.182. The molecule has 0 N–H and O–H groups in total. The second-order valence-electron chi connectivity index (χ2n) is 3.07. The molecule has 0 fully saturated rings. The number of halogens is 2. The standard InChI is InChI=1S/C9H11BrFN/c1-5(2)8-7(10)4-12-6(3)9(8)11/h4-5H,1-3H3. The van der Waals surface area contributed by atoms with Gasteiger partial charge in [0.25, 0.3) is 0 Å². The van der Waals surface area contributed by atoms with Gasteiger partial charge >= 0.3 is 0 Å². The maximum atomic E-state index is 13.4. The highest BCUT2D eigenvalue weighted by atomic mass is 79.9. The van der Waals surface area contributed by atoms with Gasteiger partial charge in [0.05, 0.1) is 5.69 Å². The third kappa shape index (κ3) is 1.66. The van der Waals surface area contributed by atoms with Crippen LogP contribution in [0.3, 0.4) is 0 Å². The van der Waals surface area contributed by atoms with Crippen molar-refractivity contribution >= 4 is 15.9 Å². The van der Waals surface area contributed by atoms with Crippen LogP contribution in [0.25, 0.3) is 0 Å². The van der Waals surface area contributed by atoms with Gasteiger partial charge in [-0.25, -0.2) is 4.39 Å². The van der Waals surface area contributed by atoms with E-state index in [0.717, 1.165) is 4.47 Å². The van der Waals surface area contributed by atoms with Crippen LogP contribution in [0, 0.1) is 12.7 Å². The fourth-order valence-electron chi connectivity index (χ4n) is 1.11. The van der Waals surface area contributed by atoms with Crippen LogP contribution in [-0.4, -0.2) is 4.98 Å². The summed E-state index contributed by atoms with van der Waals surface area (Å²) in [6.07, 6.45) is 1.65. The molecule has 1 rings (SSSR count). The number of rotatable bonds is 1. The van der Waals surface area contributed by atoms with Gasteiger partial charge in [-0.2, -0.15) is 0 Å². The molecule has 0 saturated carbocycles. The highest BCUT2D eigenvalue weighted by Crippen LogP contribution is 2.27. The third-order valence-electron chi connectivity index (χ3n) is 1.76. The smallest absolute Gasteiger partial charge is 0.148 e. The van der Waals surface area contributed by atoms with E-state index in [1.54, 1.807) is 13.1 Å². The Morgan fingerprint density at radius 2 is 2.08 bits per heavy atom. The molecule has 0 aliphatic heterocycles. The SMILES string of the molecule is Cc1ncc(Br)c(C(C)C)c1F. The van der Waals surface area contributed by atoms with E-state index in [9.17, 15) is 4.39 Å². The van der Waals surface area contributed by atoms with Crippen molar-refractivity contribution in [2.45, 2.75) is 26.7 Å². The number of aromatic nitrogens is 1. The quantitative estimate of drug-likeness (QED) is 0.722. The van der Waals surface area contributed by atoms with Crippen LogP contribution in [0.4, 0.5) is 4.39 Å². The summed E-state index contributed by atoms with van der Waals surface area (Å²) in [5.74, 6) is -0.0135. The average molecular weight is 232 g/mol. The van der Waals surface area contributed by atoms with Crippen molar-refractivity contribution in [2.24, 2.45) is 0 Å². The second kappa shape index (κ2) is 3.52. The summed E-state index contributed by atoms with van der Waals surface area (Å²) < 4.78 is 14.2. The van der Waals surface area contributed by atoms with E-state index >= 15 is 0 Å². The zero-order valence-corrected chi connectivity index (χ0v) is 8.94. The average Bonchev–Trinajstić information content (AvgIpc) is 1.97. The molecular weight excluding hydrogens is 221 g/mol. The highest BCUT2D eigenvalue weighted by Gasteiger charge is 2.13. The first-order valence-electron chi connectivity index (χ1n) is 3.84. The number of pyridine rings is 1. The Kier molecular flexibility index (Phi) is 2.83. The number of hydrogen-bond donors (Lipinski definition) is 0. The lowest BCUT2D eigenvalue weighted by atomic mass is 10.0. The fraction of sp³-hybridized carbons (Fsp3) is 0.444. The van der Waals surface area contributed by atoms with Crippen molar-refractivity contribution in [1.29, 1.82) is 0 Å². The fourth-order valence-corrected chi connectivity index (χ4v) is 1.84. The number of hydrogen-bond acceptors (Lipinski definition) is 1. The first-order valence-corrected chi connectivity index (χ1v) is 4.63. The molecule has 0 unspecified atom stereocenters. The van der Waals surface area contributed by atoms with Crippen molar-refractivity contribution in [3.05, 3.63) is 27.7 Å². The van der Waals surface area contributed by atoms with Gasteiger partial charge in [0, 0.05) is 16.2 Å². The molecule has 0 aliphatic rings. The van der Waals surface area contributed by atoms with E-state index in [1.165, 1.54) is 0 Å². The Hall–Kier alpha value is -0.440. The minimum atomic E-state index is -0.195. The lowest BCUT2D eigenvalue weighted by molar-refractivity contribution is 0.579. The molecule has 0 atom stereocenters. The molecule has 1 aromatic heterocycles. The molecule has 0 saturated heterocycles. The molecular formula is C9H11BrFN. The first-order chi connectivity index (χ1) is 5.54. The van der Waals surface area contributed by atoms with Crippen molar-refractivity contribution in [3.63, 3.8) is 0 Å². The molecule has 66 valence electrons. The Labute approximate surface area is 80.1 Å². The largest absolute Gasteiger partial charge is 0.257 e. The monoisotopic (exact) mass is 231 g/mol. The molecule has 1 aromatic rings. The minimum Gasteiger partial charge on any atom is -0.257 e. The summed E-state index contributed by atoms with van der Waals surface area (Å²) in [6.45, 7) is 5.60. The van der Waals surface area contributed by atoms with Crippen molar-refractivity contribution in [1.82, 2.24) is 4.98 Å². The van der Waals surface area contributed by atoms with Gasteiger partial charge in [-0.15, -0.1) is 0 Å². The zero-order valence-electron chi connectivity index (χ0n) is 7.36. The van der Waals surface area contributed by atoms with Gasteiger partial charge < -0.3 is 0 Å². The maximum Gasteiger partial charge on any atom is 0.148 e. The second-order valence-corrected chi connectivity index (χ2v) is 3.93. The summed E-state index contributed by atoms with van der Waals surface area (Å²) in [5.41, 5.74) is 1.17. The van der Waals surface area contributed by atoms with Crippen LogP contribution < -0.4 is 0 Å². The first kappa shape index (κ1) is 9.65. The van der Waals surface area contributed by atoms with Gasteiger partial charge in [-0.1, -0.05) is 13.8 Å². The Morgan fingerprint density at radius 3 is 2.50 bits per heavy atom. The summed E-state index contributed by atoms with van der Waals surface area (Å²) >= 11 is 3.28. The maximum absolute atomic E-state index is 13.4. The van der Waals surface area contributed by atoms with Gasteiger partial charge in [0.2, 0.25) is 0 Å². The molecule has 1 nitrogen and oxygen atoms in total. The number of nitrogens with zero attached hydrogens (tertiary/aromatic N) is 1. The number of aryl methyl sites for hydroxylation is 1. The molecule has 0 amide bonds. The predicted octanol–water partition coefficient (Wildman–Crippen LogP) is 3.42. The van der Waals surface area contributed by atoms with Crippen molar-refractivity contribution in [3.8, 4) is 0 Å². The van der Waals surface area contributed by atoms with Gasteiger partial charge in [-0.05, 0) is 28.8 Å².